The minimum absolute atomic E-state index is 0.0419. The molecule has 1 atom stereocenters. The van der Waals surface area contributed by atoms with Crippen LogP contribution in [-0.4, -0.2) is 17.6 Å². The molecule has 0 saturated carbocycles. The van der Waals surface area contributed by atoms with E-state index in [9.17, 15) is 4.79 Å². The number of guanidine groups is 1. The minimum atomic E-state index is -0.373. The Labute approximate surface area is 91.5 Å². The molecule has 0 radical (unpaired) electrons. The van der Waals surface area contributed by atoms with E-state index in [0.717, 1.165) is 10.4 Å². The lowest BCUT2D eigenvalue weighted by Gasteiger charge is -2.16. The predicted octanol–water partition coefficient (Wildman–Crippen LogP) is -0.827. The van der Waals surface area contributed by atoms with E-state index in [4.69, 9.17) is 5.73 Å². The van der Waals surface area contributed by atoms with Crippen molar-refractivity contribution >= 4 is 29.7 Å². The summed E-state index contributed by atoms with van der Waals surface area (Å²) in [6.45, 7) is 0. The Kier molecular flexibility index (Phi) is 1.77. The van der Waals surface area contributed by atoms with Gasteiger partial charge < -0.3 is 5.73 Å². The molecule has 2 aliphatic rings. The third-order valence-electron chi connectivity index (χ3n) is 2.70. The van der Waals surface area contributed by atoms with Crippen LogP contribution in [0.1, 0.15) is 0 Å². The van der Waals surface area contributed by atoms with Gasteiger partial charge in [0.15, 0.2) is 0 Å². The van der Waals surface area contributed by atoms with Crippen molar-refractivity contribution in [3.63, 3.8) is 0 Å². The van der Waals surface area contributed by atoms with Crippen molar-refractivity contribution in [2.45, 2.75) is 0 Å². The Morgan fingerprint density at radius 3 is 2.69 bits per heavy atom. The quantitative estimate of drug-likeness (QED) is 0.608. The zero-order valence-electron chi connectivity index (χ0n) is 8.42. The molecule has 3 rings (SSSR count). The molecule has 1 aromatic carbocycles. The van der Waals surface area contributed by atoms with E-state index in [1.54, 1.807) is 0 Å². The fourth-order valence-electron chi connectivity index (χ4n) is 1.95. The standard InChI is InChI=1S/C12H9N3O/c13-12-14-10-6-8-4-2-1-3-7(8)5-9(10)11(16)15-12/h1-6,9H,(H2,13,15,16). The van der Waals surface area contributed by atoms with Crippen LogP contribution in [0.4, 0.5) is 0 Å². The molecular formula is C12H9N3O. The van der Waals surface area contributed by atoms with E-state index >= 15 is 0 Å². The number of aliphatic imine (C=N–C) groups is 2. The summed E-state index contributed by atoms with van der Waals surface area (Å²) in [4.78, 5) is 19.4. The molecule has 1 aliphatic carbocycles. The van der Waals surface area contributed by atoms with E-state index in [2.05, 4.69) is 9.98 Å². The van der Waals surface area contributed by atoms with Crippen molar-refractivity contribution in [3.8, 4) is 0 Å². The Hall–Kier alpha value is -2.23. The molecule has 0 aromatic heterocycles. The zero-order chi connectivity index (χ0) is 11.1. The predicted molar refractivity (Wildman–Crippen MR) is 62.2 cm³/mol. The molecule has 0 fully saturated rings. The van der Waals surface area contributed by atoms with Gasteiger partial charge in [-0.15, -0.1) is 0 Å². The van der Waals surface area contributed by atoms with Gasteiger partial charge in [-0.05, 0) is 16.5 Å². The second kappa shape index (κ2) is 3.13. The number of nitrogens with zero attached hydrogens (tertiary/aromatic N) is 2. The average Bonchev–Trinajstić information content (AvgIpc) is 2.27. The lowest BCUT2D eigenvalue weighted by atomic mass is 9.94. The van der Waals surface area contributed by atoms with Crippen molar-refractivity contribution < 1.29 is 4.79 Å². The highest BCUT2D eigenvalue weighted by atomic mass is 16.1. The maximum absolute atomic E-state index is 11.6. The molecule has 4 nitrogen and oxygen atoms in total. The monoisotopic (exact) mass is 211 g/mol. The Morgan fingerprint density at radius 1 is 1.12 bits per heavy atom. The molecule has 2 N–H and O–H groups in total. The number of hydrogen-bond donors (Lipinski definition) is 1. The number of nitrogens with two attached hydrogens (primary N) is 1. The van der Waals surface area contributed by atoms with Crippen LogP contribution in [0.3, 0.4) is 0 Å². The third kappa shape index (κ3) is 1.27. The second-order valence-corrected chi connectivity index (χ2v) is 3.76. The van der Waals surface area contributed by atoms with Crippen LogP contribution in [-0.2, 0) is 4.79 Å². The largest absolute Gasteiger partial charge is 0.368 e. The molecule has 1 aliphatic heterocycles. The summed E-state index contributed by atoms with van der Waals surface area (Å²) in [6.07, 6.45) is 3.77. The molecule has 4 heteroatoms. The highest BCUT2D eigenvalue weighted by molar-refractivity contribution is 6.29. The van der Waals surface area contributed by atoms with Crippen LogP contribution in [0.25, 0.3) is 12.2 Å². The Balaban J connectivity index is 2.29. The highest BCUT2D eigenvalue weighted by Crippen LogP contribution is 2.12. The fourth-order valence-corrected chi connectivity index (χ4v) is 1.95. The first-order valence-electron chi connectivity index (χ1n) is 4.99. The van der Waals surface area contributed by atoms with Crippen LogP contribution >= 0.6 is 0 Å². The van der Waals surface area contributed by atoms with E-state index in [1.165, 1.54) is 0 Å². The number of carbonyl (C=O) groups is 1. The molecule has 1 amide bonds. The number of amides is 1. The molecule has 0 spiro atoms. The Morgan fingerprint density at radius 2 is 1.88 bits per heavy atom. The molecule has 1 heterocycles. The zero-order valence-corrected chi connectivity index (χ0v) is 8.42. The maximum Gasteiger partial charge on any atom is 0.261 e. The van der Waals surface area contributed by atoms with Crippen LogP contribution in [0, 0.1) is 5.92 Å². The molecular weight excluding hydrogens is 202 g/mol. The summed E-state index contributed by atoms with van der Waals surface area (Å²) in [5.74, 6) is -0.573. The summed E-state index contributed by atoms with van der Waals surface area (Å²) in [7, 11) is 0. The van der Waals surface area contributed by atoms with Gasteiger partial charge in [0, 0.05) is 0 Å². The number of carbonyl (C=O) groups excluding carboxylic acids is 1. The van der Waals surface area contributed by atoms with Crippen molar-refractivity contribution in [1.82, 2.24) is 0 Å². The number of fused-ring (bicyclic) bond motifs is 2. The van der Waals surface area contributed by atoms with E-state index in [1.807, 2.05) is 36.4 Å². The topological polar surface area (TPSA) is 67.8 Å². The number of benzene rings is 1. The summed E-state index contributed by atoms with van der Waals surface area (Å²) in [5.41, 5.74) is 6.14. The first-order chi connectivity index (χ1) is 7.74. The van der Waals surface area contributed by atoms with Crippen molar-refractivity contribution in [1.29, 1.82) is 0 Å². The molecule has 16 heavy (non-hydrogen) atoms. The van der Waals surface area contributed by atoms with Gasteiger partial charge >= 0.3 is 0 Å². The first kappa shape index (κ1) is 9.03. The van der Waals surface area contributed by atoms with Gasteiger partial charge in [-0.1, -0.05) is 30.3 Å². The molecule has 78 valence electrons. The average molecular weight is 211 g/mol. The number of rotatable bonds is 0. The van der Waals surface area contributed by atoms with Crippen LogP contribution in [0.2, 0.25) is 0 Å². The third-order valence-corrected chi connectivity index (χ3v) is 2.70. The first-order valence-corrected chi connectivity index (χ1v) is 4.99. The van der Waals surface area contributed by atoms with Gasteiger partial charge in [0.1, 0.15) is 5.92 Å². The van der Waals surface area contributed by atoms with E-state index < -0.39 is 0 Å². The van der Waals surface area contributed by atoms with Crippen LogP contribution in [0.15, 0.2) is 34.3 Å². The normalized spacial score (nSPS) is 22.0. The van der Waals surface area contributed by atoms with Crippen molar-refractivity contribution in [2.75, 3.05) is 0 Å². The molecule has 1 aromatic rings. The fraction of sp³-hybridized carbons (Fsp3) is 0.0833. The van der Waals surface area contributed by atoms with E-state index in [-0.39, 0.29) is 17.8 Å². The molecule has 0 saturated heterocycles. The SMILES string of the molecule is NC1=NC(=O)C2C=c3ccccc3=CC2=N1. The highest BCUT2D eigenvalue weighted by Gasteiger charge is 2.26. The lowest BCUT2D eigenvalue weighted by Crippen LogP contribution is -2.38. The van der Waals surface area contributed by atoms with E-state index in [0.29, 0.717) is 5.71 Å². The molecule has 0 bridgehead atoms. The summed E-state index contributed by atoms with van der Waals surface area (Å²) >= 11 is 0. The van der Waals surface area contributed by atoms with Gasteiger partial charge in [0.05, 0.1) is 5.71 Å². The van der Waals surface area contributed by atoms with Gasteiger partial charge in [0.2, 0.25) is 5.96 Å². The number of hydrogen-bond acceptors (Lipinski definition) is 3. The lowest BCUT2D eigenvalue weighted by molar-refractivity contribution is -0.118. The minimum Gasteiger partial charge on any atom is -0.368 e. The summed E-state index contributed by atoms with van der Waals surface area (Å²) in [5, 5.41) is 2.09. The van der Waals surface area contributed by atoms with Crippen LogP contribution < -0.4 is 16.2 Å². The summed E-state index contributed by atoms with van der Waals surface area (Å²) < 4.78 is 0. The van der Waals surface area contributed by atoms with Gasteiger partial charge in [0.25, 0.3) is 5.91 Å². The maximum atomic E-state index is 11.6. The van der Waals surface area contributed by atoms with Crippen molar-refractivity contribution in [2.24, 2.45) is 21.6 Å². The van der Waals surface area contributed by atoms with Gasteiger partial charge in [-0.25, -0.2) is 4.99 Å². The van der Waals surface area contributed by atoms with Gasteiger partial charge in [-0.3, -0.25) is 4.79 Å². The van der Waals surface area contributed by atoms with Gasteiger partial charge in [-0.2, -0.15) is 4.99 Å². The Bertz CT molecular complexity index is 655. The summed E-state index contributed by atoms with van der Waals surface area (Å²) in [6, 6.07) is 7.84. The van der Waals surface area contributed by atoms with Crippen LogP contribution in [0.5, 0.6) is 0 Å². The molecule has 1 unspecified atom stereocenters. The second-order valence-electron chi connectivity index (χ2n) is 3.76. The van der Waals surface area contributed by atoms with Crippen molar-refractivity contribution in [3.05, 3.63) is 34.7 Å². The smallest absolute Gasteiger partial charge is 0.261 e.